The zero-order valence-electron chi connectivity index (χ0n) is 15.7. The van der Waals surface area contributed by atoms with Crippen LogP contribution in [0.1, 0.15) is 30.4 Å². The molecule has 2 N–H and O–H groups in total. The van der Waals surface area contributed by atoms with Gasteiger partial charge in [-0.15, -0.1) is 0 Å². The van der Waals surface area contributed by atoms with Crippen LogP contribution in [0.25, 0.3) is 11.0 Å². The molecule has 3 heterocycles. The number of ether oxygens (including phenoxy) is 1. The smallest absolute Gasteiger partial charge is 0.214 e. The largest absolute Gasteiger partial charge is 0.382 e. The second kappa shape index (κ2) is 7.50. The van der Waals surface area contributed by atoms with E-state index in [1.807, 2.05) is 13.8 Å². The lowest BCUT2D eigenvalue weighted by Crippen LogP contribution is -2.29. The van der Waals surface area contributed by atoms with Gasteiger partial charge in [-0.05, 0) is 25.8 Å². The Kier molecular flexibility index (Phi) is 5.50. The molecule has 1 fully saturated rings. The minimum absolute atomic E-state index is 0.252. The highest BCUT2D eigenvalue weighted by molar-refractivity contribution is 7.89. The van der Waals surface area contributed by atoms with Gasteiger partial charge in [0, 0.05) is 31.7 Å². The SMILES string of the molecule is CCc1nc2c(N)nc(C)c(C)c2n1CCOCCN1CCCS1(=O)=O. The summed E-state index contributed by atoms with van der Waals surface area (Å²) in [6, 6.07) is 0. The van der Waals surface area contributed by atoms with Crippen molar-refractivity contribution in [3.63, 3.8) is 0 Å². The van der Waals surface area contributed by atoms with Gasteiger partial charge in [-0.1, -0.05) is 6.92 Å². The topological polar surface area (TPSA) is 103 Å². The number of fused-ring (bicyclic) bond motifs is 1. The molecule has 0 aliphatic carbocycles. The average molecular weight is 382 g/mol. The first-order valence-electron chi connectivity index (χ1n) is 9.02. The second-order valence-corrected chi connectivity index (χ2v) is 8.71. The first-order chi connectivity index (χ1) is 12.3. The molecule has 0 atom stereocenters. The lowest BCUT2D eigenvalue weighted by atomic mass is 10.2. The predicted molar refractivity (Wildman–Crippen MR) is 102 cm³/mol. The maximum atomic E-state index is 11.8. The molecule has 26 heavy (non-hydrogen) atoms. The number of imidazole rings is 1. The average Bonchev–Trinajstić information content (AvgIpc) is 3.12. The lowest BCUT2D eigenvalue weighted by Gasteiger charge is -2.15. The number of aromatic nitrogens is 3. The van der Waals surface area contributed by atoms with E-state index in [1.54, 1.807) is 0 Å². The van der Waals surface area contributed by atoms with Crippen LogP contribution in [-0.2, 0) is 27.7 Å². The minimum Gasteiger partial charge on any atom is -0.382 e. The molecule has 1 aliphatic heterocycles. The molecule has 0 aromatic carbocycles. The highest BCUT2D eigenvalue weighted by Gasteiger charge is 2.27. The monoisotopic (exact) mass is 381 g/mol. The van der Waals surface area contributed by atoms with E-state index < -0.39 is 10.0 Å². The van der Waals surface area contributed by atoms with Crippen molar-refractivity contribution in [2.75, 3.05) is 37.8 Å². The molecule has 0 radical (unpaired) electrons. The predicted octanol–water partition coefficient (Wildman–Crippen LogP) is 1.24. The summed E-state index contributed by atoms with van der Waals surface area (Å²) in [7, 11) is -3.05. The Labute approximate surface area is 154 Å². The van der Waals surface area contributed by atoms with E-state index in [0.29, 0.717) is 45.1 Å². The molecule has 0 bridgehead atoms. The molecule has 1 saturated heterocycles. The van der Waals surface area contributed by atoms with Gasteiger partial charge >= 0.3 is 0 Å². The maximum Gasteiger partial charge on any atom is 0.214 e. The third-order valence-corrected chi connectivity index (χ3v) is 6.90. The molecular weight excluding hydrogens is 354 g/mol. The Hall–Kier alpha value is -1.71. The standard InChI is InChI=1S/C17H27N5O3S/c1-4-14-20-15-16(12(2)13(3)19-17(15)18)22(14)8-10-25-9-7-21-6-5-11-26(21,23)24/h4-11H2,1-3H3,(H2,18,19). The summed E-state index contributed by atoms with van der Waals surface area (Å²) in [5.41, 5.74) is 9.78. The fourth-order valence-electron chi connectivity index (χ4n) is 3.42. The van der Waals surface area contributed by atoms with Gasteiger partial charge in [0.1, 0.15) is 11.3 Å². The Balaban J connectivity index is 1.67. The Morgan fingerprint density at radius 2 is 1.92 bits per heavy atom. The summed E-state index contributed by atoms with van der Waals surface area (Å²) in [5.74, 6) is 1.66. The summed E-state index contributed by atoms with van der Waals surface area (Å²) in [5, 5.41) is 0. The Morgan fingerprint density at radius 3 is 2.58 bits per heavy atom. The quantitative estimate of drug-likeness (QED) is 0.724. The van der Waals surface area contributed by atoms with Crippen LogP contribution in [0.5, 0.6) is 0 Å². The number of anilines is 1. The van der Waals surface area contributed by atoms with Crippen LogP contribution in [0.3, 0.4) is 0 Å². The molecule has 2 aromatic rings. The normalized spacial score (nSPS) is 17.3. The number of rotatable bonds is 7. The van der Waals surface area contributed by atoms with Crippen LogP contribution in [0.15, 0.2) is 0 Å². The molecule has 9 heteroatoms. The number of aryl methyl sites for hydroxylation is 3. The van der Waals surface area contributed by atoms with Crippen molar-refractivity contribution in [3.05, 3.63) is 17.1 Å². The van der Waals surface area contributed by atoms with Gasteiger partial charge in [0.15, 0.2) is 5.82 Å². The van der Waals surface area contributed by atoms with E-state index in [9.17, 15) is 8.42 Å². The third kappa shape index (κ3) is 3.56. The van der Waals surface area contributed by atoms with Crippen LogP contribution in [0.2, 0.25) is 0 Å². The molecule has 2 aromatic heterocycles. The van der Waals surface area contributed by atoms with E-state index in [2.05, 4.69) is 21.5 Å². The van der Waals surface area contributed by atoms with E-state index in [1.165, 1.54) is 4.31 Å². The highest BCUT2D eigenvalue weighted by atomic mass is 32.2. The third-order valence-electron chi connectivity index (χ3n) is 4.94. The molecule has 1 aliphatic rings. The number of sulfonamides is 1. The minimum atomic E-state index is -3.05. The first kappa shape index (κ1) is 19.1. The van der Waals surface area contributed by atoms with Crippen LogP contribution < -0.4 is 5.73 Å². The maximum absolute atomic E-state index is 11.8. The van der Waals surface area contributed by atoms with Crippen molar-refractivity contribution in [1.29, 1.82) is 0 Å². The van der Waals surface area contributed by atoms with Crippen molar-refractivity contribution in [1.82, 2.24) is 18.8 Å². The summed E-state index contributed by atoms with van der Waals surface area (Å²) in [4.78, 5) is 9.01. The number of hydrogen-bond donors (Lipinski definition) is 1. The van der Waals surface area contributed by atoms with E-state index in [4.69, 9.17) is 10.5 Å². The van der Waals surface area contributed by atoms with Gasteiger partial charge in [-0.25, -0.2) is 18.4 Å². The van der Waals surface area contributed by atoms with E-state index >= 15 is 0 Å². The number of nitrogens with two attached hydrogens (primary N) is 1. The molecule has 0 amide bonds. The molecule has 0 saturated carbocycles. The van der Waals surface area contributed by atoms with Gasteiger partial charge in [-0.2, -0.15) is 4.31 Å². The molecular formula is C17H27N5O3S. The Morgan fingerprint density at radius 1 is 1.19 bits per heavy atom. The molecule has 8 nitrogen and oxygen atoms in total. The van der Waals surface area contributed by atoms with E-state index in [-0.39, 0.29) is 5.75 Å². The van der Waals surface area contributed by atoms with Crippen LogP contribution in [0.4, 0.5) is 5.82 Å². The fraction of sp³-hybridized carbons (Fsp3) is 0.647. The molecule has 144 valence electrons. The molecule has 0 spiro atoms. The Bertz CT molecular complexity index is 907. The first-order valence-corrected chi connectivity index (χ1v) is 10.6. The van der Waals surface area contributed by atoms with Gasteiger partial charge in [-0.3, -0.25) is 0 Å². The van der Waals surface area contributed by atoms with E-state index in [0.717, 1.165) is 34.5 Å². The summed E-state index contributed by atoms with van der Waals surface area (Å²) in [6.45, 7) is 8.59. The zero-order valence-corrected chi connectivity index (χ0v) is 16.5. The number of nitrogen functional groups attached to an aromatic ring is 1. The van der Waals surface area contributed by atoms with Gasteiger partial charge in [0.05, 0.1) is 24.5 Å². The zero-order chi connectivity index (χ0) is 18.9. The second-order valence-electron chi connectivity index (χ2n) is 6.62. The van der Waals surface area contributed by atoms with Gasteiger partial charge in [0.2, 0.25) is 10.0 Å². The summed E-state index contributed by atoms with van der Waals surface area (Å²) < 4.78 is 32.9. The van der Waals surface area contributed by atoms with Crippen LogP contribution in [0, 0.1) is 13.8 Å². The van der Waals surface area contributed by atoms with Crippen molar-refractivity contribution >= 4 is 26.9 Å². The lowest BCUT2D eigenvalue weighted by molar-refractivity contribution is 0.117. The summed E-state index contributed by atoms with van der Waals surface area (Å²) in [6.07, 6.45) is 1.50. The number of pyridine rings is 1. The van der Waals surface area contributed by atoms with Crippen molar-refractivity contribution < 1.29 is 13.2 Å². The molecule has 0 unspecified atom stereocenters. The van der Waals surface area contributed by atoms with Crippen molar-refractivity contribution in [2.24, 2.45) is 0 Å². The highest BCUT2D eigenvalue weighted by Crippen LogP contribution is 2.26. The van der Waals surface area contributed by atoms with Crippen molar-refractivity contribution in [3.8, 4) is 0 Å². The van der Waals surface area contributed by atoms with Crippen molar-refractivity contribution in [2.45, 2.75) is 40.2 Å². The van der Waals surface area contributed by atoms with Gasteiger partial charge < -0.3 is 15.0 Å². The molecule has 3 rings (SSSR count). The summed E-state index contributed by atoms with van der Waals surface area (Å²) >= 11 is 0. The number of hydrogen-bond acceptors (Lipinski definition) is 6. The van der Waals surface area contributed by atoms with Crippen LogP contribution >= 0.6 is 0 Å². The number of nitrogens with zero attached hydrogens (tertiary/aromatic N) is 4. The van der Waals surface area contributed by atoms with Crippen LogP contribution in [-0.4, -0.2) is 59.3 Å². The van der Waals surface area contributed by atoms with Gasteiger partial charge in [0.25, 0.3) is 0 Å². The fourth-order valence-corrected chi connectivity index (χ4v) is 4.94.